The standard InChI is InChI=1S/C31H43N5O5/c32-25(20-10-5-2-6-11-20)31(41)36-18-22-12-7-13-23(22)26(36)29(39)35-24(16-21-14-15-33-28(21)38)27(37)30(40)34-17-19-8-3-1-4-9-19/h1,3-4,8-9,20-26H,2,5-7,10-18,32H2,(H,33,38)(H,34,40)(H,35,39)/t21-,22-,23-,24-,25-,26-/m0/s1. The van der Waals surface area contributed by atoms with Crippen LogP contribution in [0.2, 0.25) is 0 Å². The molecule has 0 spiro atoms. The highest BCUT2D eigenvalue weighted by atomic mass is 16.2. The van der Waals surface area contributed by atoms with E-state index >= 15 is 0 Å². The second-order valence-corrected chi connectivity index (χ2v) is 12.3. The van der Waals surface area contributed by atoms with Crippen LogP contribution in [0.4, 0.5) is 0 Å². The lowest BCUT2D eigenvalue weighted by Gasteiger charge is -2.34. The van der Waals surface area contributed by atoms with Crippen molar-refractivity contribution in [3.8, 4) is 0 Å². The molecule has 5 rings (SSSR count). The molecule has 0 unspecified atom stereocenters. The molecule has 4 aliphatic rings. The number of nitrogens with zero attached hydrogens (tertiary/aromatic N) is 1. The van der Waals surface area contributed by atoms with Gasteiger partial charge in [-0.3, -0.25) is 24.0 Å². The zero-order valence-electron chi connectivity index (χ0n) is 23.7. The Kier molecular flexibility index (Phi) is 9.37. The third kappa shape index (κ3) is 6.63. The molecule has 2 aliphatic carbocycles. The monoisotopic (exact) mass is 565 g/mol. The van der Waals surface area contributed by atoms with Crippen molar-refractivity contribution in [3.05, 3.63) is 35.9 Å². The molecule has 6 atom stereocenters. The lowest BCUT2D eigenvalue weighted by molar-refractivity contribution is -0.144. The topological polar surface area (TPSA) is 151 Å². The number of hydrogen-bond acceptors (Lipinski definition) is 6. The molecule has 222 valence electrons. The highest BCUT2D eigenvalue weighted by Crippen LogP contribution is 2.43. The molecule has 10 nitrogen and oxygen atoms in total. The van der Waals surface area contributed by atoms with Gasteiger partial charge in [0.25, 0.3) is 5.91 Å². The Morgan fingerprint density at radius 1 is 0.976 bits per heavy atom. The minimum Gasteiger partial charge on any atom is -0.356 e. The second kappa shape index (κ2) is 13.1. The molecule has 0 bridgehead atoms. The van der Waals surface area contributed by atoms with Crippen LogP contribution in [-0.2, 0) is 30.5 Å². The lowest BCUT2D eigenvalue weighted by Crippen LogP contribution is -2.58. The molecule has 41 heavy (non-hydrogen) atoms. The van der Waals surface area contributed by atoms with Gasteiger partial charge in [0, 0.05) is 25.6 Å². The fraction of sp³-hybridized carbons (Fsp3) is 0.645. The Labute approximate surface area is 241 Å². The van der Waals surface area contributed by atoms with Crippen molar-refractivity contribution < 1.29 is 24.0 Å². The largest absolute Gasteiger partial charge is 0.356 e. The van der Waals surface area contributed by atoms with E-state index < -0.39 is 41.6 Å². The average Bonchev–Trinajstić information content (AvgIpc) is 3.71. The summed E-state index contributed by atoms with van der Waals surface area (Å²) in [6.45, 7) is 1.15. The zero-order valence-corrected chi connectivity index (χ0v) is 23.7. The van der Waals surface area contributed by atoms with Crippen LogP contribution >= 0.6 is 0 Å². The van der Waals surface area contributed by atoms with Crippen LogP contribution in [0.5, 0.6) is 0 Å². The summed E-state index contributed by atoms with van der Waals surface area (Å²) >= 11 is 0. The molecule has 5 N–H and O–H groups in total. The third-order valence-electron chi connectivity index (χ3n) is 9.72. The average molecular weight is 566 g/mol. The van der Waals surface area contributed by atoms with Gasteiger partial charge in [0.15, 0.2) is 0 Å². The summed E-state index contributed by atoms with van der Waals surface area (Å²) in [4.78, 5) is 68.0. The molecular weight excluding hydrogens is 522 g/mol. The normalized spacial score (nSPS) is 27.5. The Morgan fingerprint density at radius 3 is 2.44 bits per heavy atom. The van der Waals surface area contributed by atoms with E-state index in [0.717, 1.165) is 56.9 Å². The van der Waals surface area contributed by atoms with Gasteiger partial charge in [-0.2, -0.15) is 0 Å². The minimum atomic E-state index is -1.17. The van der Waals surface area contributed by atoms with Crippen molar-refractivity contribution in [2.24, 2.45) is 29.4 Å². The Hall–Kier alpha value is -3.27. The highest BCUT2D eigenvalue weighted by molar-refractivity contribution is 6.38. The maximum atomic E-state index is 13.9. The Balaban J connectivity index is 1.31. The number of Topliss-reactive ketones (excluding diaryl/α,β-unsaturated/α-hetero) is 1. The van der Waals surface area contributed by atoms with E-state index in [0.29, 0.717) is 19.5 Å². The summed E-state index contributed by atoms with van der Waals surface area (Å²) in [5.74, 6) is -2.56. The fourth-order valence-corrected chi connectivity index (χ4v) is 7.42. The van der Waals surface area contributed by atoms with Gasteiger partial charge >= 0.3 is 0 Å². The molecule has 0 radical (unpaired) electrons. The van der Waals surface area contributed by atoms with E-state index in [1.807, 2.05) is 30.3 Å². The number of nitrogens with one attached hydrogen (secondary N) is 3. The van der Waals surface area contributed by atoms with Crippen LogP contribution in [0.15, 0.2) is 30.3 Å². The van der Waals surface area contributed by atoms with E-state index in [-0.39, 0.29) is 42.5 Å². The summed E-state index contributed by atoms with van der Waals surface area (Å²) in [6.07, 6.45) is 8.44. The minimum absolute atomic E-state index is 0.00468. The molecule has 4 fully saturated rings. The van der Waals surface area contributed by atoms with Crippen molar-refractivity contribution in [1.29, 1.82) is 0 Å². The van der Waals surface area contributed by atoms with Gasteiger partial charge in [0.1, 0.15) is 6.04 Å². The molecule has 1 aromatic rings. The van der Waals surface area contributed by atoms with Crippen LogP contribution in [0, 0.1) is 23.7 Å². The zero-order chi connectivity index (χ0) is 28.9. The van der Waals surface area contributed by atoms with Gasteiger partial charge in [-0.05, 0) is 61.8 Å². The Morgan fingerprint density at radius 2 is 1.73 bits per heavy atom. The van der Waals surface area contributed by atoms with Gasteiger partial charge in [0.2, 0.25) is 23.5 Å². The summed E-state index contributed by atoms with van der Waals surface area (Å²) in [7, 11) is 0. The lowest BCUT2D eigenvalue weighted by atomic mass is 9.83. The van der Waals surface area contributed by atoms with Crippen molar-refractivity contribution in [3.63, 3.8) is 0 Å². The molecular formula is C31H43N5O5. The van der Waals surface area contributed by atoms with Crippen LogP contribution in [0.3, 0.4) is 0 Å². The summed E-state index contributed by atoms with van der Waals surface area (Å²) in [5, 5.41) is 8.25. The maximum Gasteiger partial charge on any atom is 0.289 e. The molecule has 4 amide bonds. The molecule has 0 aromatic heterocycles. The van der Waals surface area contributed by atoms with Gasteiger partial charge in [0.05, 0.1) is 12.1 Å². The van der Waals surface area contributed by atoms with Crippen molar-refractivity contribution in [2.75, 3.05) is 13.1 Å². The number of likely N-dealkylation sites (tertiary alicyclic amines) is 1. The van der Waals surface area contributed by atoms with Gasteiger partial charge in [-0.15, -0.1) is 0 Å². The molecule has 2 saturated carbocycles. The first-order chi connectivity index (χ1) is 19.8. The number of rotatable bonds is 10. The van der Waals surface area contributed by atoms with Crippen LogP contribution in [0.1, 0.15) is 69.8 Å². The predicted molar refractivity (Wildman–Crippen MR) is 152 cm³/mol. The van der Waals surface area contributed by atoms with E-state index in [1.165, 1.54) is 0 Å². The first kappa shape index (κ1) is 29.2. The van der Waals surface area contributed by atoms with Crippen LogP contribution in [0.25, 0.3) is 0 Å². The number of benzene rings is 1. The number of fused-ring (bicyclic) bond motifs is 1. The van der Waals surface area contributed by atoms with Gasteiger partial charge in [-0.1, -0.05) is 56.0 Å². The second-order valence-electron chi connectivity index (χ2n) is 12.3. The third-order valence-corrected chi connectivity index (χ3v) is 9.72. The summed E-state index contributed by atoms with van der Waals surface area (Å²) in [5.41, 5.74) is 7.34. The number of nitrogens with two attached hydrogens (primary N) is 1. The fourth-order valence-electron chi connectivity index (χ4n) is 7.42. The SMILES string of the molecule is N[C@H](C(=O)N1C[C@@H]2CCC[C@@H]2[C@H]1C(=O)N[C@@H](C[C@@H]1CCNC1=O)C(=O)C(=O)NCc1ccccc1)C1CCCCC1. The summed E-state index contributed by atoms with van der Waals surface area (Å²) in [6, 6.07) is 6.69. The van der Waals surface area contributed by atoms with Crippen LogP contribution in [-0.4, -0.2) is 65.5 Å². The van der Waals surface area contributed by atoms with Gasteiger partial charge in [-0.25, -0.2) is 0 Å². The quantitative estimate of drug-likeness (QED) is 0.315. The predicted octanol–water partition coefficient (Wildman–Crippen LogP) is 1.42. The number of amides is 4. The molecule has 2 heterocycles. The first-order valence-electron chi connectivity index (χ1n) is 15.3. The van der Waals surface area contributed by atoms with Crippen molar-refractivity contribution in [2.45, 2.75) is 88.9 Å². The van der Waals surface area contributed by atoms with E-state index in [9.17, 15) is 24.0 Å². The van der Waals surface area contributed by atoms with E-state index in [1.54, 1.807) is 4.90 Å². The highest BCUT2D eigenvalue weighted by Gasteiger charge is 2.51. The number of carbonyl (C=O) groups is 5. The van der Waals surface area contributed by atoms with Crippen molar-refractivity contribution in [1.82, 2.24) is 20.9 Å². The molecule has 2 saturated heterocycles. The van der Waals surface area contributed by atoms with Gasteiger partial charge < -0.3 is 26.6 Å². The number of hydrogen-bond donors (Lipinski definition) is 4. The maximum absolute atomic E-state index is 13.9. The number of carbonyl (C=O) groups excluding carboxylic acids is 5. The van der Waals surface area contributed by atoms with Crippen LogP contribution < -0.4 is 21.7 Å². The first-order valence-corrected chi connectivity index (χ1v) is 15.3. The van der Waals surface area contributed by atoms with Crippen molar-refractivity contribution >= 4 is 29.4 Å². The molecule has 10 heteroatoms. The summed E-state index contributed by atoms with van der Waals surface area (Å²) < 4.78 is 0. The smallest absolute Gasteiger partial charge is 0.289 e. The molecule has 1 aromatic carbocycles. The van der Waals surface area contributed by atoms with E-state index in [4.69, 9.17) is 5.73 Å². The molecule has 2 aliphatic heterocycles. The Bertz CT molecular complexity index is 1140. The van der Waals surface area contributed by atoms with E-state index in [2.05, 4.69) is 16.0 Å². The number of ketones is 1.